The number of hydrogen-bond donors (Lipinski definition) is 1. The molecule has 0 unspecified atom stereocenters. The highest BCUT2D eigenvalue weighted by molar-refractivity contribution is 6.31. The molecule has 0 saturated carbocycles. The van der Waals surface area contributed by atoms with Crippen LogP contribution in [-0.4, -0.2) is 16.7 Å². The van der Waals surface area contributed by atoms with Crippen LogP contribution in [0.25, 0.3) is 0 Å². The van der Waals surface area contributed by atoms with Crippen molar-refractivity contribution in [2.24, 2.45) is 0 Å². The molecule has 0 spiro atoms. The van der Waals surface area contributed by atoms with E-state index in [4.69, 9.17) is 17.3 Å². The molecule has 96 valence electrons. The largest absolute Gasteiger partial charge is 0.399 e. The molecule has 1 aromatic carbocycles. The Balaban J connectivity index is 2.22. The van der Waals surface area contributed by atoms with Gasteiger partial charge in [-0.3, -0.25) is 14.5 Å². The summed E-state index contributed by atoms with van der Waals surface area (Å²) < 4.78 is 0. The van der Waals surface area contributed by atoms with Crippen LogP contribution in [0, 0.1) is 0 Å². The van der Waals surface area contributed by atoms with Crippen LogP contribution < -0.4 is 5.73 Å². The Hall–Kier alpha value is -1.55. The Labute approximate surface area is 111 Å². The van der Waals surface area contributed by atoms with E-state index in [9.17, 15) is 9.59 Å². The molecular formula is C13H15ClN2O2. The zero-order chi connectivity index (χ0) is 13.1. The predicted molar refractivity (Wildman–Crippen MR) is 69.9 cm³/mol. The van der Waals surface area contributed by atoms with Crippen LogP contribution in [0.5, 0.6) is 0 Å². The summed E-state index contributed by atoms with van der Waals surface area (Å²) in [5.74, 6) is -0.257. The van der Waals surface area contributed by atoms with Crippen LogP contribution >= 0.6 is 11.6 Å². The van der Waals surface area contributed by atoms with Crippen LogP contribution in [0.15, 0.2) is 18.2 Å². The van der Waals surface area contributed by atoms with Gasteiger partial charge in [0.2, 0.25) is 11.8 Å². The lowest BCUT2D eigenvalue weighted by atomic mass is 10.2. The molecule has 18 heavy (non-hydrogen) atoms. The molecular weight excluding hydrogens is 252 g/mol. The third kappa shape index (κ3) is 2.82. The molecule has 4 nitrogen and oxygen atoms in total. The Bertz CT molecular complexity index is 470. The van der Waals surface area contributed by atoms with Crippen molar-refractivity contribution >= 4 is 29.1 Å². The number of amides is 2. The van der Waals surface area contributed by atoms with Gasteiger partial charge in [0.05, 0.1) is 6.54 Å². The molecule has 1 saturated heterocycles. The van der Waals surface area contributed by atoms with Crippen molar-refractivity contribution in [3.8, 4) is 0 Å². The van der Waals surface area contributed by atoms with E-state index in [1.807, 2.05) is 0 Å². The van der Waals surface area contributed by atoms with Gasteiger partial charge in [-0.05, 0) is 36.6 Å². The minimum atomic E-state index is -0.129. The smallest absolute Gasteiger partial charge is 0.229 e. The van der Waals surface area contributed by atoms with E-state index >= 15 is 0 Å². The van der Waals surface area contributed by atoms with Crippen molar-refractivity contribution < 1.29 is 9.59 Å². The minimum absolute atomic E-state index is 0.129. The van der Waals surface area contributed by atoms with E-state index in [0.29, 0.717) is 29.1 Å². The number of halogens is 1. The van der Waals surface area contributed by atoms with Gasteiger partial charge in [-0.2, -0.15) is 0 Å². The number of rotatable bonds is 2. The molecule has 1 aliphatic rings. The lowest BCUT2D eigenvalue weighted by Gasteiger charge is -2.19. The SMILES string of the molecule is Nc1ccc(Cl)c(CN2C(=O)CCCCC2=O)c1. The first-order chi connectivity index (χ1) is 8.58. The molecule has 1 aliphatic heterocycles. The summed E-state index contributed by atoms with van der Waals surface area (Å²) in [5, 5.41) is 0.522. The number of likely N-dealkylation sites (tertiary alicyclic amines) is 1. The molecule has 0 atom stereocenters. The van der Waals surface area contributed by atoms with Crippen molar-refractivity contribution in [3.63, 3.8) is 0 Å². The Kier molecular flexibility index (Phi) is 3.87. The van der Waals surface area contributed by atoms with Gasteiger partial charge < -0.3 is 5.73 Å². The number of nitrogens with two attached hydrogens (primary N) is 1. The van der Waals surface area contributed by atoms with Crippen LogP contribution in [-0.2, 0) is 16.1 Å². The van der Waals surface area contributed by atoms with Gasteiger partial charge in [-0.1, -0.05) is 11.6 Å². The second kappa shape index (κ2) is 5.40. The molecule has 5 heteroatoms. The highest BCUT2D eigenvalue weighted by atomic mass is 35.5. The molecule has 0 aromatic heterocycles. The van der Waals surface area contributed by atoms with E-state index in [2.05, 4.69) is 0 Å². The summed E-state index contributed by atoms with van der Waals surface area (Å²) in [6, 6.07) is 5.07. The molecule has 0 radical (unpaired) electrons. The fourth-order valence-corrected chi connectivity index (χ4v) is 2.20. The zero-order valence-corrected chi connectivity index (χ0v) is 10.7. The average molecular weight is 267 g/mol. The van der Waals surface area contributed by atoms with Crippen molar-refractivity contribution in [1.82, 2.24) is 4.90 Å². The van der Waals surface area contributed by atoms with E-state index in [1.165, 1.54) is 4.90 Å². The second-order valence-corrected chi connectivity index (χ2v) is 4.84. The summed E-state index contributed by atoms with van der Waals surface area (Å²) >= 11 is 6.05. The lowest BCUT2D eigenvalue weighted by Crippen LogP contribution is -2.34. The first-order valence-corrected chi connectivity index (χ1v) is 6.33. The topological polar surface area (TPSA) is 63.4 Å². The van der Waals surface area contributed by atoms with Crippen LogP contribution in [0.1, 0.15) is 31.2 Å². The quantitative estimate of drug-likeness (QED) is 0.660. The van der Waals surface area contributed by atoms with Gasteiger partial charge in [0, 0.05) is 23.6 Å². The number of carbonyl (C=O) groups excluding carboxylic acids is 2. The van der Waals surface area contributed by atoms with Gasteiger partial charge in [0.25, 0.3) is 0 Å². The number of hydrogen-bond acceptors (Lipinski definition) is 3. The summed E-state index contributed by atoms with van der Waals surface area (Å²) in [5.41, 5.74) is 6.97. The van der Waals surface area contributed by atoms with E-state index in [1.54, 1.807) is 18.2 Å². The number of carbonyl (C=O) groups is 2. The van der Waals surface area contributed by atoms with Crippen LogP contribution in [0.3, 0.4) is 0 Å². The van der Waals surface area contributed by atoms with Crippen LogP contribution in [0.4, 0.5) is 5.69 Å². The van der Waals surface area contributed by atoms with Gasteiger partial charge >= 0.3 is 0 Å². The maximum absolute atomic E-state index is 11.9. The van der Waals surface area contributed by atoms with Crippen molar-refractivity contribution in [2.75, 3.05) is 5.73 Å². The minimum Gasteiger partial charge on any atom is -0.399 e. The fourth-order valence-electron chi connectivity index (χ4n) is 2.02. The zero-order valence-electron chi connectivity index (χ0n) is 9.99. The molecule has 2 amide bonds. The van der Waals surface area contributed by atoms with Gasteiger partial charge in [0.15, 0.2) is 0 Å². The highest BCUT2D eigenvalue weighted by Crippen LogP contribution is 2.23. The molecule has 0 aliphatic carbocycles. The summed E-state index contributed by atoms with van der Waals surface area (Å²) in [6.07, 6.45) is 2.38. The Morgan fingerprint density at radius 3 is 2.39 bits per heavy atom. The Morgan fingerprint density at radius 2 is 1.78 bits per heavy atom. The molecule has 1 aromatic rings. The standard InChI is InChI=1S/C13H15ClN2O2/c14-11-6-5-10(15)7-9(11)8-16-12(17)3-1-2-4-13(16)18/h5-7H,1-4,8,15H2. The molecule has 0 bridgehead atoms. The lowest BCUT2D eigenvalue weighted by molar-refractivity contribution is -0.144. The molecule has 2 N–H and O–H groups in total. The number of imide groups is 1. The first-order valence-electron chi connectivity index (χ1n) is 5.95. The fraction of sp³-hybridized carbons (Fsp3) is 0.385. The Morgan fingerprint density at radius 1 is 1.17 bits per heavy atom. The van der Waals surface area contributed by atoms with Crippen LogP contribution in [0.2, 0.25) is 5.02 Å². The normalized spacial score (nSPS) is 16.8. The molecule has 1 fully saturated rings. The monoisotopic (exact) mass is 266 g/mol. The van der Waals surface area contributed by atoms with Crippen molar-refractivity contribution in [3.05, 3.63) is 28.8 Å². The number of anilines is 1. The molecule has 2 rings (SSSR count). The highest BCUT2D eigenvalue weighted by Gasteiger charge is 2.24. The maximum Gasteiger partial charge on any atom is 0.229 e. The van der Waals surface area contributed by atoms with Gasteiger partial charge in [-0.15, -0.1) is 0 Å². The van der Waals surface area contributed by atoms with Gasteiger partial charge in [0.1, 0.15) is 0 Å². The average Bonchev–Trinajstić information content (AvgIpc) is 2.48. The summed E-state index contributed by atoms with van der Waals surface area (Å²) in [7, 11) is 0. The second-order valence-electron chi connectivity index (χ2n) is 4.43. The predicted octanol–water partition coefficient (Wildman–Crippen LogP) is 2.35. The number of nitrogens with zero attached hydrogens (tertiary/aromatic N) is 1. The molecule has 1 heterocycles. The first kappa shape index (κ1) is 12.9. The summed E-state index contributed by atoms with van der Waals surface area (Å²) in [6.45, 7) is 0.210. The van der Waals surface area contributed by atoms with Crippen molar-refractivity contribution in [2.45, 2.75) is 32.2 Å². The third-order valence-electron chi connectivity index (χ3n) is 3.03. The number of nitrogen functional groups attached to an aromatic ring is 1. The van der Waals surface area contributed by atoms with E-state index < -0.39 is 0 Å². The third-order valence-corrected chi connectivity index (χ3v) is 3.40. The van der Waals surface area contributed by atoms with Crippen molar-refractivity contribution in [1.29, 1.82) is 0 Å². The number of benzene rings is 1. The van der Waals surface area contributed by atoms with E-state index in [-0.39, 0.29) is 18.4 Å². The maximum atomic E-state index is 11.9. The van der Waals surface area contributed by atoms with Gasteiger partial charge in [-0.25, -0.2) is 0 Å². The summed E-state index contributed by atoms with van der Waals surface area (Å²) in [4.78, 5) is 25.0. The van der Waals surface area contributed by atoms with E-state index in [0.717, 1.165) is 12.8 Å².